The molecule has 0 radical (unpaired) electrons. The number of aromatic nitrogens is 2. The van der Waals surface area contributed by atoms with Gasteiger partial charge in [0.2, 0.25) is 5.72 Å². The van der Waals surface area contributed by atoms with Gasteiger partial charge in [0.05, 0.1) is 12.7 Å². The molecule has 2 aromatic rings. The van der Waals surface area contributed by atoms with Crippen molar-refractivity contribution in [2.75, 3.05) is 13.2 Å². The second kappa shape index (κ2) is 9.01. The van der Waals surface area contributed by atoms with Crippen molar-refractivity contribution in [2.45, 2.75) is 36.7 Å². The molecule has 15 heteroatoms. The summed E-state index contributed by atoms with van der Waals surface area (Å²) in [5.41, 5.74) is -2.59. The van der Waals surface area contributed by atoms with Gasteiger partial charge in [-0.3, -0.25) is 32.9 Å². The van der Waals surface area contributed by atoms with Crippen LogP contribution in [-0.2, 0) is 32.3 Å². The second-order valence-corrected chi connectivity index (χ2v) is 9.95. The predicted octanol–water partition coefficient (Wildman–Crippen LogP) is 2.32. The number of benzene rings is 1. The van der Waals surface area contributed by atoms with E-state index in [1.807, 2.05) is 0 Å². The molecule has 35 heavy (non-hydrogen) atoms. The van der Waals surface area contributed by atoms with Crippen molar-refractivity contribution < 1.29 is 37.1 Å². The molecule has 5 rings (SSSR count). The van der Waals surface area contributed by atoms with Crippen molar-refractivity contribution in [1.29, 1.82) is 0 Å². The van der Waals surface area contributed by atoms with Crippen molar-refractivity contribution in [3.63, 3.8) is 0 Å². The number of nitrogens with zero attached hydrogens (tertiary/aromatic N) is 2. The molecule has 0 bridgehead atoms. The fourth-order valence-corrected chi connectivity index (χ4v) is 5.69. The highest BCUT2D eigenvalue weighted by Crippen LogP contribution is 2.58. The van der Waals surface area contributed by atoms with Crippen LogP contribution in [0.4, 0.5) is 4.79 Å². The minimum atomic E-state index is -4.13. The van der Waals surface area contributed by atoms with E-state index in [4.69, 9.17) is 39.4 Å². The highest BCUT2D eigenvalue weighted by atomic mass is 35.5. The van der Waals surface area contributed by atoms with Gasteiger partial charge in [-0.15, -0.1) is 0 Å². The molecule has 0 spiro atoms. The molecule has 0 saturated carbocycles. The molecular formula is C20H19ClN3O10P. The Bertz CT molecular complexity index is 1330. The summed E-state index contributed by atoms with van der Waals surface area (Å²) in [5.74, 6) is 0. The van der Waals surface area contributed by atoms with Gasteiger partial charge in [0.15, 0.2) is 18.4 Å². The number of carbonyl (C=O) groups is 1. The number of phosphoric ester groups is 1. The molecule has 13 nitrogen and oxygen atoms in total. The van der Waals surface area contributed by atoms with E-state index in [2.05, 4.69) is 16.7 Å². The van der Waals surface area contributed by atoms with E-state index in [0.29, 0.717) is 17.0 Å². The van der Waals surface area contributed by atoms with Crippen molar-refractivity contribution in [3.8, 4) is 0 Å². The Morgan fingerprint density at radius 1 is 1.29 bits per heavy atom. The molecule has 0 unspecified atom stereocenters. The lowest BCUT2D eigenvalue weighted by Gasteiger charge is -2.32. The highest BCUT2D eigenvalue weighted by Gasteiger charge is 2.64. The van der Waals surface area contributed by atoms with Crippen LogP contribution < -0.4 is 11.2 Å². The van der Waals surface area contributed by atoms with Gasteiger partial charge in [-0.25, -0.2) is 14.2 Å². The van der Waals surface area contributed by atoms with Gasteiger partial charge in [0, 0.05) is 23.7 Å². The fraction of sp³-hybridized carbons (Fsp3) is 0.400. The molecule has 4 heterocycles. The molecule has 3 aliphatic rings. The average molecular weight is 528 g/mol. The van der Waals surface area contributed by atoms with Crippen LogP contribution in [0.15, 0.2) is 51.1 Å². The van der Waals surface area contributed by atoms with Gasteiger partial charge >= 0.3 is 19.7 Å². The number of hydrogen-bond acceptors (Lipinski definition) is 11. The summed E-state index contributed by atoms with van der Waals surface area (Å²) in [7, 11) is -4.13. The van der Waals surface area contributed by atoms with E-state index in [0.717, 1.165) is 10.6 Å². The van der Waals surface area contributed by atoms with Gasteiger partial charge in [0.1, 0.15) is 6.61 Å². The van der Waals surface area contributed by atoms with Crippen molar-refractivity contribution >= 4 is 32.3 Å². The largest absolute Gasteiger partial charge is 0.509 e. The number of rotatable bonds is 6. The second-order valence-electron chi connectivity index (χ2n) is 7.89. The van der Waals surface area contributed by atoms with Crippen LogP contribution in [0.25, 0.3) is 0 Å². The van der Waals surface area contributed by atoms with Gasteiger partial charge in [-0.2, -0.15) is 0 Å². The summed E-state index contributed by atoms with van der Waals surface area (Å²) >= 11 is 6.05. The van der Waals surface area contributed by atoms with Gasteiger partial charge < -0.3 is 14.2 Å². The number of phosphoric acid groups is 1. The molecule has 186 valence electrons. The third-order valence-corrected chi connectivity index (χ3v) is 7.42. The molecule has 1 aromatic heterocycles. The first-order valence-corrected chi connectivity index (χ1v) is 12.2. The maximum atomic E-state index is 13.3. The van der Waals surface area contributed by atoms with Crippen LogP contribution in [0, 0.1) is 0 Å². The molecule has 0 amide bonds. The van der Waals surface area contributed by atoms with Crippen molar-refractivity contribution in [1.82, 2.24) is 9.55 Å². The first-order chi connectivity index (χ1) is 16.7. The van der Waals surface area contributed by atoms with Crippen LogP contribution in [0.2, 0.25) is 5.02 Å². The van der Waals surface area contributed by atoms with Gasteiger partial charge in [-0.1, -0.05) is 23.7 Å². The van der Waals surface area contributed by atoms with Crippen LogP contribution in [0.1, 0.15) is 24.3 Å². The minimum absolute atomic E-state index is 0.0728. The fourth-order valence-electron chi connectivity index (χ4n) is 4.09. The predicted molar refractivity (Wildman–Crippen MR) is 118 cm³/mol. The number of halogens is 1. The Morgan fingerprint density at radius 3 is 2.86 bits per heavy atom. The SMILES string of the molecule is C=N[C@]1(CO[P@@]2(=O)OCC[C@@H](c3cccc(Cl)c3)O2)O[C@@H](n2ccc(=O)[nH]c2=O)[C@@H]2OC(=O)O[C@@H]21. The van der Waals surface area contributed by atoms with Gasteiger partial charge in [0.25, 0.3) is 5.56 Å². The molecule has 3 fully saturated rings. The smallest absolute Gasteiger partial charge is 0.422 e. The maximum Gasteiger partial charge on any atom is 0.509 e. The summed E-state index contributed by atoms with van der Waals surface area (Å²) in [4.78, 5) is 41.7. The lowest BCUT2D eigenvalue weighted by Crippen LogP contribution is -2.44. The molecule has 1 aromatic carbocycles. The standard InChI is InChI=1S/C20H19ClN3O10P/c1-22-20(10-30-35(28)29-8-6-13(34-35)11-3-2-4-12(21)9-11)16-15(31-19(27)32-16)17(33-20)24-7-5-14(25)23-18(24)26/h2-5,7,9,13,15-17H,1,6,8,10H2,(H,23,25,26)/t13-,15+,16-,17+,20+,35+/m0/s1. The summed E-state index contributed by atoms with van der Waals surface area (Å²) in [5, 5.41) is 0.486. The number of aliphatic imine (C=N–C) groups is 1. The number of H-pyrrole nitrogens is 1. The Kier molecular flexibility index (Phi) is 6.16. The number of fused-ring (bicyclic) bond motifs is 1. The van der Waals surface area contributed by atoms with E-state index >= 15 is 0 Å². The Hall–Kier alpha value is -2.80. The quantitative estimate of drug-likeness (QED) is 0.336. The summed E-state index contributed by atoms with van der Waals surface area (Å²) < 4.78 is 47.0. The number of nitrogens with one attached hydrogen (secondary N) is 1. The summed E-state index contributed by atoms with van der Waals surface area (Å²) in [6.07, 6.45) is -3.68. The third-order valence-electron chi connectivity index (χ3n) is 5.73. The number of carbonyl (C=O) groups excluding carboxylic acids is 1. The molecule has 3 aliphatic heterocycles. The lowest BCUT2D eigenvalue weighted by molar-refractivity contribution is -0.135. The first-order valence-electron chi connectivity index (χ1n) is 10.4. The van der Waals surface area contributed by atoms with E-state index in [1.165, 1.54) is 6.20 Å². The minimum Gasteiger partial charge on any atom is -0.422 e. The molecular weight excluding hydrogens is 509 g/mol. The first kappa shape index (κ1) is 23.9. The van der Waals surface area contributed by atoms with Crippen LogP contribution in [-0.4, -0.2) is 53.6 Å². The van der Waals surface area contributed by atoms with Gasteiger partial charge in [-0.05, 0) is 24.4 Å². The zero-order valence-electron chi connectivity index (χ0n) is 17.9. The maximum absolute atomic E-state index is 13.3. The molecule has 0 aliphatic carbocycles. The zero-order valence-corrected chi connectivity index (χ0v) is 19.6. The Morgan fingerprint density at radius 2 is 2.11 bits per heavy atom. The zero-order chi connectivity index (χ0) is 24.8. The molecule has 6 atom stereocenters. The van der Waals surface area contributed by atoms with Crippen molar-refractivity contribution in [3.05, 3.63) is 68.0 Å². The van der Waals surface area contributed by atoms with Crippen LogP contribution >= 0.6 is 19.4 Å². The average Bonchev–Trinajstić information content (AvgIpc) is 3.34. The topological polar surface area (TPSA) is 157 Å². The van der Waals surface area contributed by atoms with Crippen LogP contribution in [0.3, 0.4) is 0 Å². The van der Waals surface area contributed by atoms with E-state index in [-0.39, 0.29) is 6.61 Å². The molecule has 1 N–H and O–H groups in total. The summed E-state index contributed by atoms with van der Waals surface area (Å²) in [6, 6.07) is 7.97. The highest BCUT2D eigenvalue weighted by molar-refractivity contribution is 7.48. The monoisotopic (exact) mass is 527 g/mol. The molecule has 3 saturated heterocycles. The number of ether oxygens (including phenoxy) is 3. The normalized spacial score (nSPS) is 34.1. The summed E-state index contributed by atoms with van der Waals surface area (Å²) in [6.45, 7) is 2.98. The van der Waals surface area contributed by atoms with E-state index in [1.54, 1.807) is 24.3 Å². The third kappa shape index (κ3) is 4.46. The number of aromatic amines is 1. The van der Waals surface area contributed by atoms with Crippen molar-refractivity contribution in [2.24, 2.45) is 4.99 Å². The van der Waals surface area contributed by atoms with E-state index in [9.17, 15) is 18.9 Å². The van der Waals surface area contributed by atoms with Crippen LogP contribution in [0.5, 0.6) is 0 Å². The Balaban J connectivity index is 1.38. The Labute approximate surface area is 202 Å². The lowest BCUT2D eigenvalue weighted by atomic mass is 10.1. The van der Waals surface area contributed by atoms with E-state index < -0.39 is 62.1 Å². The number of hydrogen-bond donors (Lipinski definition) is 1.